The van der Waals surface area contributed by atoms with Gasteiger partial charge in [0, 0.05) is 6.54 Å². The number of rotatable bonds is 8. The zero-order chi connectivity index (χ0) is 29.3. The van der Waals surface area contributed by atoms with Crippen LogP contribution in [-0.2, 0) is 13.1 Å². The highest BCUT2D eigenvalue weighted by Gasteiger charge is 2.93. The molecule has 0 aromatic carbocycles. The van der Waals surface area contributed by atoms with E-state index in [2.05, 4.69) is 25.3 Å². The van der Waals surface area contributed by atoms with E-state index in [-0.39, 0.29) is 11.1 Å². The molecule has 0 spiro atoms. The van der Waals surface area contributed by atoms with Gasteiger partial charge < -0.3 is 9.13 Å². The molecule has 20 heteroatoms. The number of nitrogens with zero attached hydrogens (tertiary/aromatic N) is 2. The summed E-state index contributed by atoms with van der Waals surface area (Å²) in [5.41, 5.74) is -0.695. The zero-order valence-corrected chi connectivity index (χ0v) is 20.4. The lowest BCUT2D eigenvalue weighted by Crippen LogP contribution is -2.72. The predicted molar refractivity (Wildman–Crippen MR) is 103 cm³/mol. The summed E-state index contributed by atoms with van der Waals surface area (Å²) >= 11 is 12.2. The Morgan fingerprint density at radius 3 is 1.19 bits per heavy atom. The Kier molecular flexibility index (Phi) is 8.35. The van der Waals surface area contributed by atoms with Crippen LogP contribution in [0.4, 0.5) is 65.9 Å². The molecule has 0 bridgehead atoms. The summed E-state index contributed by atoms with van der Waals surface area (Å²) in [4.78, 5) is 0. The second kappa shape index (κ2) is 9.08. The van der Waals surface area contributed by atoms with Crippen molar-refractivity contribution >= 4 is 37.5 Å². The van der Waals surface area contributed by atoms with Crippen LogP contribution in [0.2, 0.25) is 0 Å². The van der Waals surface area contributed by atoms with Crippen molar-refractivity contribution in [3.05, 3.63) is 4.77 Å². The normalized spacial score (nSPS) is 15.6. The van der Waals surface area contributed by atoms with Crippen LogP contribution in [0.1, 0.15) is 20.8 Å². The molecule has 1 heterocycles. The third-order valence-corrected chi connectivity index (χ3v) is 6.08. The van der Waals surface area contributed by atoms with Crippen LogP contribution in [0.5, 0.6) is 0 Å². The summed E-state index contributed by atoms with van der Waals surface area (Å²) < 4.78 is 201. The number of hydrogen-bond acceptors (Lipinski definition) is 3. The van der Waals surface area contributed by atoms with E-state index in [1.54, 1.807) is 20.8 Å². The summed E-state index contributed by atoms with van der Waals surface area (Å²) in [7, 11) is 0. The highest BCUT2D eigenvalue weighted by Crippen LogP contribution is 2.62. The first-order chi connectivity index (χ1) is 15.4. The zero-order valence-electron chi connectivity index (χ0n) is 17.8. The second-order valence-electron chi connectivity index (χ2n) is 8.74. The van der Waals surface area contributed by atoms with Crippen LogP contribution in [0, 0.1) is 10.2 Å². The Morgan fingerprint density at radius 1 is 0.556 bits per heavy atom. The molecule has 0 aliphatic carbocycles. The lowest BCUT2D eigenvalue weighted by atomic mass is 9.91. The molecule has 1 aromatic heterocycles. The minimum Gasteiger partial charge on any atom is -0.311 e. The average molecular weight is 616 g/mol. The fourth-order valence-electron chi connectivity index (χ4n) is 2.62. The number of hydrogen-bond donors (Lipinski definition) is 2. The monoisotopic (exact) mass is 616 g/mol. The molecule has 1 rings (SSSR count). The van der Waals surface area contributed by atoms with Crippen LogP contribution in [0.15, 0.2) is 10.1 Å². The lowest BCUT2D eigenvalue weighted by molar-refractivity contribution is -0.452. The Hall–Kier alpha value is -0.920. The van der Waals surface area contributed by atoms with Crippen molar-refractivity contribution in [2.24, 2.45) is 5.41 Å². The maximum Gasteiger partial charge on any atom is 0.460 e. The first-order valence-electron chi connectivity index (χ1n) is 8.97. The van der Waals surface area contributed by atoms with Crippen LogP contribution >= 0.6 is 37.5 Å². The highest BCUT2D eigenvalue weighted by molar-refractivity contribution is 7.83. The predicted octanol–water partition coefficient (Wildman–Crippen LogP) is 8.02. The largest absolute Gasteiger partial charge is 0.460 e. The summed E-state index contributed by atoms with van der Waals surface area (Å²) in [5, 5.41) is -1.20. The van der Waals surface area contributed by atoms with E-state index < -0.39 is 68.5 Å². The van der Waals surface area contributed by atoms with E-state index in [0.717, 1.165) is 4.57 Å². The molecule has 0 aliphatic heterocycles. The molecular weight excluding hydrogens is 601 g/mol. The summed E-state index contributed by atoms with van der Waals surface area (Å²) in [6.07, 6.45) is -7.65. The maximum atomic E-state index is 14.3. The smallest absolute Gasteiger partial charge is 0.311 e. The van der Waals surface area contributed by atoms with Gasteiger partial charge in [0.2, 0.25) is 0 Å². The van der Waals surface area contributed by atoms with E-state index in [1.165, 1.54) is 0 Å². The van der Waals surface area contributed by atoms with E-state index in [9.17, 15) is 65.9 Å². The first kappa shape index (κ1) is 33.1. The van der Waals surface area contributed by atoms with Crippen LogP contribution in [-0.4, -0.2) is 50.8 Å². The minimum absolute atomic E-state index is 0.114. The number of aromatic nitrogens is 2. The molecular formula is C16H15F15N2S3. The van der Waals surface area contributed by atoms with Gasteiger partial charge in [-0.25, -0.2) is 0 Å². The Labute approximate surface area is 208 Å². The quantitative estimate of drug-likeness (QED) is 0.171. The van der Waals surface area contributed by atoms with Crippen molar-refractivity contribution in [3.8, 4) is 0 Å². The second-order valence-corrected chi connectivity index (χ2v) is 9.95. The molecule has 0 saturated carbocycles. The van der Waals surface area contributed by atoms with Gasteiger partial charge in [-0.15, -0.1) is 25.3 Å². The van der Waals surface area contributed by atoms with Gasteiger partial charge in [-0.3, -0.25) is 0 Å². The molecule has 0 fully saturated rings. The van der Waals surface area contributed by atoms with Crippen LogP contribution < -0.4 is 0 Å². The molecule has 36 heavy (non-hydrogen) atoms. The van der Waals surface area contributed by atoms with Crippen molar-refractivity contribution in [1.29, 1.82) is 0 Å². The maximum absolute atomic E-state index is 14.3. The third kappa shape index (κ3) is 4.93. The third-order valence-electron chi connectivity index (χ3n) is 4.56. The van der Waals surface area contributed by atoms with Crippen molar-refractivity contribution in [2.45, 2.75) is 85.6 Å². The van der Waals surface area contributed by atoms with Crippen LogP contribution in [0.25, 0.3) is 0 Å². The van der Waals surface area contributed by atoms with Gasteiger partial charge in [0.05, 0.1) is 6.54 Å². The summed E-state index contributed by atoms with van der Waals surface area (Å²) in [6.45, 7) is 1.79. The molecule has 0 atom stereocenters. The number of halogens is 15. The number of imidazole rings is 1. The van der Waals surface area contributed by atoms with Crippen molar-refractivity contribution < 1.29 is 65.9 Å². The minimum atomic E-state index is -8.34. The van der Waals surface area contributed by atoms with Gasteiger partial charge in [0.15, 0.2) is 4.77 Å². The van der Waals surface area contributed by atoms with Crippen molar-refractivity contribution in [1.82, 2.24) is 9.13 Å². The number of thiol groups is 2. The molecule has 0 unspecified atom stereocenters. The van der Waals surface area contributed by atoms with E-state index in [4.69, 9.17) is 12.2 Å². The molecule has 212 valence electrons. The molecule has 0 radical (unpaired) electrons. The van der Waals surface area contributed by atoms with E-state index >= 15 is 0 Å². The van der Waals surface area contributed by atoms with E-state index in [0.29, 0.717) is 0 Å². The van der Waals surface area contributed by atoms with Gasteiger partial charge in [-0.1, -0.05) is 20.8 Å². The van der Waals surface area contributed by atoms with Crippen molar-refractivity contribution in [2.75, 3.05) is 0 Å². The molecule has 1 aromatic rings. The Bertz CT molecular complexity index is 1030. The molecule has 0 N–H and O–H groups in total. The highest BCUT2D eigenvalue weighted by atomic mass is 32.1. The topological polar surface area (TPSA) is 9.86 Å². The summed E-state index contributed by atoms with van der Waals surface area (Å²) in [6, 6.07) is 0. The molecule has 0 aliphatic rings. The Morgan fingerprint density at radius 2 is 0.861 bits per heavy atom. The molecule has 2 nitrogen and oxygen atoms in total. The van der Waals surface area contributed by atoms with E-state index in [1.807, 2.05) is 0 Å². The van der Waals surface area contributed by atoms with Crippen LogP contribution in [0.3, 0.4) is 0 Å². The molecule has 0 amide bonds. The fraction of sp³-hybridized carbons (Fsp3) is 0.812. The van der Waals surface area contributed by atoms with Crippen molar-refractivity contribution in [3.63, 3.8) is 0 Å². The SMILES string of the molecule is CC(C)(C)Cn1c(S)c(S)n(CC(F)(F)C(F)(F)C(F)(F)C(F)(F)C(F)(F)C(F)(F)C(F)(F)F)c1=S. The average Bonchev–Trinajstić information content (AvgIpc) is 2.83. The summed E-state index contributed by atoms with van der Waals surface area (Å²) in [5.74, 6) is -46.9. The number of alkyl halides is 15. The lowest BCUT2D eigenvalue weighted by Gasteiger charge is -2.41. The van der Waals surface area contributed by atoms with Gasteiger partial charge in [0.25, 0.3) is 0 Å². The Balaban J connectivity index is 3.65. The molecule has 0 saturated heterocycles. The van der Waals surface area contributed by atoms with Gasteiger partial charge in [0.1, 0.15) is 10.1 Å². The van der Waals surface area contributed by atoms with Gasteiger partial charge >= 0.3 is 41.7 Å². The fourth-order valence-corrected chi connectivity index (χ4v) is 3.64. The van der Waals surface area contributed by atoms with Gasteiger partial charge in [-0.05, 0) is 17.6 Å². The first-order valence-corrected chi connectivity index (χ1v) is 10.3. The standard InChI is InChI=1S/C16H15F15N2S3/c1-9(2,3)4-32-6(34)7(35)33(8(32)36)5-10(17,18)11(19,20)12(21,22)13(23,24)14(25,26)15(27,28)16(29,30)31/h34-35H,4-5H2,1-3H3. The van der Waals surface area contributed by atoms with Gasteiger partial charge in [-0.2, -0.15) is 65.9 Å².